The molecule has 1 aromatic heterocycles. The maximum atomic E-state index is 10.9. The van der Waals surface area contributed by atoms with E-state index in [1.54, 1.807) is 19.2 Å². The molecule has 0 atom stereocenters. The van der Waals surface area contributed by atoms with Crippen LogP contribution >= 0.6 is 15.9 Å². The Morgan fingerprint density at radius 3 is 2.96 bits per heavy atom. The first-order valence-corrected chi connectivity index (χ1v) is 8.31. The standard InChI is InChI=1S/C18H13BrN2O4/c1-24-13-4-2-3-9-7-12-18(25-16(9)13)21-17(20-12)11-6-5-10(8-22)15(23)14(11)19/h2-6,8,23H,7H2,1H3,(H,20,21). The van der Waals surface area contributed by atoms with Crippen LogP contribution in [0.15, 0.2) is 34.8 Å². The van der Waals surface area contributed by atoms with E-state index in [-0.39, 0.29) is 11.3 Å². The van der Waals surface area contributed by atoms with Gasteiger partial charge in [-0.05, 0) is 34.1 Å². The lowest BCUT2D eigenvalue weighted by atomic mass is 10.1. The van der Waals surface area contributed by atoms with Crippen LogP contribution in [0.5, 0.6) is 23.1 Å². The zero-order valence-corrected chi connectivity index (χ0v) is 14.8. The number of methoxy groups -OCH3 is 1. The smallest absolute Gasteiger partial charge is 0.241 e. The van der Waals surface area contributed by atoms with E-state index in [0.29, 0.717) is 45.9 Å². The first kappa shape index (κ1) is 15.7. The average molecular weight is 401 g/mol. The van der Waals surface area contributed by atoms with Crippen molar-refractivity contribution in [3.05, 3.63) is 51.6 Å². The topological polar surface area (TPSA) is 84.4 Å². The van der Waals surface area contributed by atoms with Gasteiger partial charge in [0.1, 0.15) is 11.6 Å². The minimum absolute atomic E-state index is 0.118. The van der Waals surface area contributed by atoms with Gasteiger partial charge in [-0.2, -0.15) is 4.98 Å². The van der Waals surface area contributed by atoms with Crippen molar-refractivity contribution in [1.82, 2.24) is 9.97 Å². The predicted octanol–water partition coefficient (Wildman–Crippen LogP) is 4.06. The second kappa shape index (κ2) is 5.93. The van der Waals surface area contributed by atoms with Gasteiger partial charge in [0.05, 0.1) is 22.8 Å². The molecule has 1 aliphatic rings. The number of nitrogens with zero attached hydrogens (tertiary/aromatic N) is 1. The minimum atomic E-state index is -0.118. The van der Waals surface area contributed by atoms with Gasteiger partial charge in [0.25, 0.3) is 0 Å². The predicted molar refractivity (Wildman–Crippen MR) is 94.7 cm³/mol. The van der Waals surface area contributed by atoms with Gasteiger partial charge in [-0.15, -0.1) is 0 Å². The highest BCUT2D eigenvalue weighted by Gasteiger charge is 2.25. The number of hydrogen-bond donors (Lipinski definition) is 2. The number of imidazole rings is 1. The molecule has 3 aromatic rings. The number of nitrogens with one attached hydrogen (secondary N) is 1. The SMILES string of the molecule is COc1cccc2c1Oc1nc(-c3ccc(C=O)c(O)c3Br)[nH]c1C2. The number of aromatic hydroxyl groups is 1. The van der Waals surface area contributed by atoms with Gasteiger partial charge in [0.15, 0.2) is 17.8 Å². The molecule has 0 radical (unpaired) electrons. The number of ether oxygens (including phenoxy) is 2. The first-order valence-electron chi connectivity index (χ1n) is 7.52. The third-order valence-corrected chi connectivity index (χ3v) is 4.92. The number of carbonyl (C=O) groups is 1. The molecule has 0 fully saturated rings. The second-order valence-corrected chi connectivity index (χ2v) is 6.37. The van der Waals surface area contributed by atoms with Crippen LogP contribution in [0.2, 0.25) is 0 Å². The summed E-state index contributed by atoms with van der Waals surface area (Å²) >= 11 is 3.32. The van der Waals surface area contributed by atoms with Gasteiger partial charge >= 0.3 is 0 Å². The summed E-state index contributed by atoms with van der Waals surface area (Å²) in [6.07, 6.45) is 1.23. The monoisotopic (exact) mass is 400 g/mol. The summed E-state index contributed by atoms with van der Waals surface area (Å²) in [5.74, 6) is 2.21. The van der Waals surface area contributed by atoms with E-state index in [9.17, 15) is 9.90 Å². The quantitative estimate of drug-likeness (QED) is 0.506. The maximum Gasteiger partial charge on any atom is 0.241 e. The maximum absolute atomic E-state index is 10.9. The van der Waals surface area contributed by atoms with E-state index >= 15 is 0 Å². The number of rotatable bonds is 3. The summed E-state index contributed by atoms with van der Waals surface area (Å²) in [6.45, 7) is 0. The molecular weight excluding hydrogens is 388 g/mol. The highest BCUT2D eigenvalue weighted by Crippen LogP contribution is 2.43. The number of aldehydes is 1. The molecule has 0 saturated heterocycles. The Hall–Kier alpha value is -2.80. The summed E-state index contributed by atoms with van der Waals surface area (Å²) < 4.78 is 11.7. The molecule has 0 unspecified atom stereocenters. The molecule has 1 aliphatic heterocycles. The Labute approximate surface area is 151 Å². The van der Waals surface area contributed by atoms with E-state index in [0.717, 1.165) is 11.3 Å². The van der Waals surface area contributed by atoms with Crippen molar-refractivity contribution in [3.63, 3.8) is 0 Å². The molecule has 0 amide bonds. The lowest BCUT2D eigenvalue weighted by Gasteiger charge is -2.17. The van der Waals surface area contributed by atoms with Crippen molar-refractivity contribution in [2.24, 2.45) is 0 Å². The van der Waals surface area contributed by atoms with Crippen molar-refractivity contribution in [1.29, 1.82) is 0 Å². The highest BCUT2D eigenvalue weighted by atomic mass is 79.9. The second-order valence-electron chi connectivity index (χ2n) is 5.58. The van der Waals surface area contributed by atoms with Crippen LogP contribution in [0.1, 0.15) is 21.6 Å². The van der Waals surface area contributed by atoms with Crippen molar-refractivity contribution in [2.75, 3.05) is 7.11 Å². The van der Waals surface area contributed by atoms with Crippen LogP contribution in [-0.4, -0.2) is 28.5 Å². The Morgan fingerprint density at radius 2 is 2.20 bits per heavy atom. The number of aromatic nitrogens is 2. The molecule has 0 saturated carbocycles. The number of carbonyl (C=O) groups excluding carboxylic acids is 1. The zero-order chi connectivity index (χ0) is 17.6. The molecule has 7 heteroatoms. The molecule has 6 nitrogen and oxygen atoms in total. The Morgan fingerprint density at radius 1 is 1.36 bits per heavy atom. The highest BCUT2D eigenvalue weighted by molar-refractivity contribution is 9.10. The van der Waals surface area contributed by atoms with Crippen LogP contribution in [0, 0.1) is 0 Å². The largest absolute Gasteiger partial charge is 0.506 e. The lowest BCUT2D eigenvalue weighted by molar-refractivity contribution is 0.112. The van der Waals surface area contributed by atoms with E-state index in [1.807, 2.05) is 18.2 Å². The van der Waals surface area contributed by atoms with Crippen molar-refractivity contribution in [3.8, 4) is 34.5 Å². The lowest BCUT2D eigenvalue weighted by Crippen LogP contribution is -2.04. The Balaban J connectivity index is 1.77. The molecule has 0 spiro atoms. The fourth-order valence-electron chi connectivity index (χ4n) is 2.85. The van der Waals surface area contributed by atoms with E-state index in [1.165, 1.54) is 0 Å². The van der Waals surface area contributed by atoms with Gasteiger partial charge in [-0.1, -0.05) is 12.1 Å². The number of phenols is 1. The summed E-state index contributed by atoms with van der Waals surface area (Å²) in [5, 5.41) is 10.1. The molecule has 2 heterocycles. The Bertz CT molecular complexity index is 997. The number of hydrogen-bond acceptors (Lipinski definition) is 5. The number of para-hydroxylation sites is 1. The van der Waals surface area contributed by atoms with Crippen LogP contribution in [0.3, 0.4) is 0 Å². The number of H-pyrrole nitrogens is 1. The first-order chi connectivity index (χ1) is 12.1. The van der Waals surface area contributed by atoms with Gasteiger partial charge in [-0.25, -0.2) is 0 Å². The third-order valence-electron chi connectivity index (χ3n) is 4.12. The molecule has 0 bridgehead atoms. The van der Waals surface area contributed by atoms with E-state index in [4.69, 9.17) is 9.47 Å². The number of phenolic OH excluding ortho intramolecular Hbond substituents is 1. The fourth-order valence-corrected chi connectivity index (χ4v) is 3.40. The average Bonchev–Trinajstić information content (AvgIpc) is 3.04. The molecule has 126 valence electrons. The molecule has 0 aliphatic carbocycles. The molecular formula is C18H13BrN2O4. The molecule has 2 N–H and O–H groups in total. The van der Waals surface area contributed by atoms with E-state index in [2.05, 4.69) is 25.9 Å². The van der Waals surface area contributed by atoms with Crippen molar-refractivity contribution < 1.29 is 19.4 Å². The van der Waals surface area contributed by atoms with Gasteiger partial charge in [0, 0.05) is 17.5 Å². The van der Waals surface area contributed by atoms with Crippen LogP contribution < -0.4 is 9.47 Å². The molecule has 2 aromatic carbocycles. The van der Waals surface area contributed by atoms with Crippen molar-refractivity contribution in [2.45, 2.75) is 6.42 Å². The molecule has 25 heavy (non-hydrogen) atoms. The zero-order valence-electron chi connectivity index (χ0n) is 13.2. The normalized spacial score (nSPS) is 12.1. The molecule has 4 rings (SSSR count). The number of aromatic amines is 1. The third kappa shape index (κ3) is 2.47. The van der Waals surface area contributed by atoms with Crippen LogP contribution in [0.25, 0.3) is 11.4 Å². The fraction of sp³-hybridized carbons (Fsp3) is 0.111. The summed E-state index contributed by atoms with van der Waals surface area (Å²) in [4.78, 5) is 18.7. The number of fused-ring (bicyclic) bond motifs is 2. The summed E-state index contributed by atoms with van der Waals surface area (Å²) in [7, 11) is 1.60. The van der Waals surface area contributed by atoms with Gasteiger partial charge in [-0.3, -0.25) is 4.79 Å². The van der Waals surface area contributed by atoms with Crippen LogP contribution in [-0.2, 0) is 6.42 Å². The summed E-state index contributed by atoms with van der Waals surface area (Å²) in [5.41, 5.74) is 2.68. The summed E-state index contributed by atoms with van der Waals surface area (Å²) in [6, 6.07) is 8.98. The number of halogens is 1. The van der Waals surface area contributed by atoms with E-state index < -0.39 is 0 Å². The van der Waals surface area contributed by atoms with Gasteiger partial charge in [0.2, 0.25) is 5.88 Å². The van der Waals surface area contributed by atoms with Crippen molar-refractivity contribution >= 4 is 22.2 Å². The Kier molecular flexibility index (Phi) is 3.73. The van der Waals surface area contributed by atoms with Gasteiger partial charge < -0.3 is 19.6 Å². The minimum Gasteiger partial charge on any atom is -0.506 e. The van der Waals surface area contributed by atoms with Crippen LogP contribution in [0.4, 0.5) is 0 Å². The number of benzene rings is 2.